The second-order valence-electron chi connectivity index (χ2n) is 6.44. The highest BCUT2D eigenvalue weighted by Gasteiger charge is 2.16. The van der Waals surface area contributed by atoms with Gasteiger partial charge in [-0.25, -0.2) is 0 Å². The van der Waals surface area contributed by atoms with E-state index in [1.807, 2.05) is 31.2 Å². The van der Waals surface area contributed by atoms with E-state index in [1.165, 1.54) is 0 Å². The van der Waals surface area contributed by atoms with E-state index in [9.17, 15) is 8.78 Å². The first kappa shape index (κ1) is 24.0. The number of nitrogens with zero attached hydrogens (tertiary/aromatic N) is 1. The Bertz CT molecular complexity index is 849. The van der Waals surface area contributed by atoms with Gasteiger partial charge in [-0.1, -0.05) is 24.3 Å². The Labute approximate surface area is 181 Å². The topological polar surface area (TPSA) is 73.3 Å². The quantitative estimate of drug-likeness (QED) is 0.411. The van der Waals surface area contributed by atoms with E-state index >= 15 is 0 Å². The zero-order chi connectivity index (χ0) is 22.6. The van der Waals surface area contributed by atoms with Gasteiger partial charge in [0.1, 0.15) is 6.10 Å². The number of ether oxygens (including phenoxy) is 4. The molecule has 0 aliphatic heterocycles. The number of alkyl halides is 2. The minimum atomic E-state index is -2.95. The molecule has 0 fully saturated rings. The van der Waals surface area contributed by atoms with Crippen molar-refractivity contribution in [1.82, 2.24) is 10.6 Å². The Morgan fingerprint density at radius 1 is 1.00 bits per heavy atom. The third-order valence-corrected chi connectivity index (χ3v) is 4.19. The molecule has 0 bridgehead atoms. The molecule has 7 nitrogen and oxygen atoms in total. The highest BCUT2D eigenvalue weighted by atomic mass is 19.3. The second-order valence-corrected chi connectivity index (χ2v) is 6.44. The number of para-hydroxylation sites is 3. The smallest absolute Gasteiger partial charge is 0.387 e. The molecule has 0 spiro atoms. The molecule has 2 aromatic rings. The lowest BCUT2D eigenvalue weighted by Crippen LogP contribution is -2.41. The summed E-state index contributed by atoms with van der Waals surface area (Å²) < 4.78 is 47.0. The number of hydrogen-bond acceptors (Lipinski definition) is 5. The molecule has 170 valence electrons. The van der Waals surface area contributed by atoms with Crippen molar-refractivity contribution < 1.29 is 27.7 Å². The largest absolute Gasteiger partial charge is 0.493 e. The maximum Gasteiger partial charge on any atom is 0.387 e. The fraction of sp³-hybridized carbons (Fsp3) is 0.409. The highest BCUT2D eigenvalue weighted by Crippen LogP contribution is 2.32. The number of methoxy groups -OCH3 is 1. The van der Waals surface area contributed by atoms with Crippen LogP contribution in [-0.4, -0.2) is 46.0 Å². The van der Waals surface area contributed by atoms with Crippen molar-refractivity contribution in [2.24, 2.45) is 4.99 Å². The minimum absolute atomic E-state index is 0.00942. The zero-order valence-corrected chi connectivity index (χ0v) is 18.2. The number of aliphatic imine (C=N–C) groups is 1. The van der Waals surface area contributed by atoms with Gasteiger partial charge in [0, 0.05) is 19.2 Å². The fourth-order valence-electron chi connectivity index (χ4n) is 2.81. The van der Waals surface area contributed by atoms with Crippen LogP contribution in [0.3, 0.4) is 0 Å². The molecular formula is C22H29F2N3O4. The number of rotatable bonds is 11. The van der Waals surface area contributed by atoms with Crippen LogP contribution < -0.4 is 29.6 Å². The van der Waals surface area contributed by atoms with Crippen molar-refractivity contribution in [3.8, 4) is 23.0 Å². The summed E-state index contributed by atoms with van der Waals surface area (Å²) in [7, 11) is 3.21. The van der Waals surface area contributed by atoms with Gasteiger partial charge >= 0.3 is 6.61 Å². The first-order chi connectivity index (χ1) is 15.0. The van der Waals surface area contributed by atoms with Crippen LogP contribution in [-0.2, 0) is 6.54 Å². The van der Waals surface area contributed by atoms with Crippen LogP contribution in [0.15, 0.2) is 47.5 Å². The molecule has 0 aromatic heterocycles. The van der Waals surface area contributed by atoms with Crippen molar-refractivity contribution in [3.05, 3.63) is 48.0 Å². The maximum atomic E-state index is 12.9. The number of halogens is 2. The van der Waals surface area contributed by atoms with Gasteiger partial charge in [0.2, 0.25) is 0 Å². The molecule has 1 unspecified atom stereocenters. The minimum Gasteiger partial charge on any atom is -0.493 e. The zero-order valence-electron chi connectivity index (χ0n) is 18.2. The third kappa shape index (κ3) is 7.51. The van der Waals surface area contributed by atoms with Gasteiger partial charge in [-0.05, 0) is 32.0 Å². The molecule has 9 heteroatoms. The van der Waals surface area contributed by atoms with Gasteiger partial charge in [-0.3, -0.25) is 4.99 Å². The van der Waals surface area contributed by atoms with Crippen LogP contribution >= 0.6 is 0 Å². The Morgan fingerprint density at radius 2 is 1.71 bits per heavy atom. The van der Waals surface area contributed by atoms with Gasteiger partial charge in [-0.2, -0.15) is 8.78 Å². The lowest BCUT2D eigenvalue weighted by molar-refractivity contribution is -0.0520. The van der Waals surface area contributed by atoms with Crippen LogP contribution in [0.25, 0.3) is 0 Å². The predicted molar refractivity (Wildman–Crippen MR) is 116 cm³/mol. The van der Waals surface area contributed by atoms with Crippen molar-refractivity contribution in [3.63, 3.8) is 0 Å². The summed E-state index contributed by atoms with van der Waals surface area (Å²) in [4.78, 5) is 4.16. The predicted octanol–water partition coefficient (Wildman–Crippen LogP) is 3.83. The number of guanidine groups is 1. The molecular weight excluding hydrogens is 408 g/mol. The normalized spacial score (nSPS) is 12.3. The summed E-state index contributed by atoms with van der Waals surface area (Å²) in [6, 6.07) is 12.4. The third-order valence-electron chi connectivity index (χ3n) is 4.19. The Kier molecular flexibility index (Phi) is 9.67. The van der Waals surface area contributed by atoms with Crippen molar-refractivity contribution >= 4 is 5.96 Å². The second kappa shape index (κ2) is 12.5. The molecule has 31 heavy (non-hydrogen) atoms. The van der Waals surface area contributed by atoms with E-state index in [1.54, 1.807) is 39.3 Å². The summed E-state index contributed by atoms with van der Waals surface area (Å²) in [5.41, 5.74) is 0.521. The first-order valence-electron chi connectivity index (χ1n) is 9.92. The van der Waals surface area contributed by atoms with Crippen LogP contribution in [0.5, 0.6) is 23.0 Å². The first-order valence-corrected chi connectivity index (χ1v) is 9.92. The molecule has 0 radical (unpaired) electrons. The SMILES string of the molecule is CCOc1cccc(CNC(=NC)NCC(C)Oc2ccccc2OC)c1OC(F)F. The van der Waals surface area contributed by atoms with E-state index in [4.69, 9.17) is 18.9 Å². The highest BCUT2D eigenvalue weighted by molar-refractivity contribution is 5.79. The van der Waals surface area contributed by atoms with Crippen molar-refractivity contribution in [1.29, 1.82) is 0 Å². The van der Waals surface area contributed by atoms with E-state index in [-0.39, 0.29) is 24.1 Å². The Hall–Kier alpha value is -3.23. The van der Waals surface area contributed by atoms with Crippen LogP contribution in [0.2, 0.25) is 0 Å². The lowest BCUT2D eigenvalue weighted by Gasteiger charge is -2.20. The molecule has 0 aliphatic rings. The van der Waals surface area contributed by atoms with Crippen LogP contribution in [0, 0.1) is 0 Å². The lowest BCUT2D eigenvalue weighted by atomic mass is 10.2. The molecule has 0 saturated carbocycles. The standard InChI is InChI=1S/C22H29F2N3O4/c1-5-29-19-12-8-9-16(20(19)31-21(23)24)14-27-22(25-3)26-13-15(2)30-18-11-7-6-10-17(18)28-4/h6-12,15,21H,5,13-14H2,1-4H3,(H2,25,26,27). The van der Waals surface area contributed by atoms with Crippen LogP contribution in [0.1, 0.15) is 19.4 Å². The summed E-state index contributed by atoms with van der Waals surface area (Å²) in [6.45, 7) is 1.74. The summed E-state index contributed by atoms with van der Waals surface area (Å²) in [6.07, 6.45) is -0.186. The molecule has 2 rings (SSSR count). The monoisotopic (exact) mass is 437 g/mol. The number of benzene rings is 2. The van der Waals surface area contributed by atoms with E-state index in [0.29, 0.717) is 36.2 Å². The fourth-order valence-corrected chi connectivity index (χ4v) is 2.81. The number of hydrogen-bond donors (Lipinski definition) is 2. The van der Waals surface area contributed by atoms with E-state index in [0.717, 1.165) is 0 Å². The van der Waals surface area contributed by atoms with Crippen molar-refractivity contribution in [2.45, 2.75) is 33.1 Å². The van der Waals surface area contributed by atoms with Crippen LogP contribution in [0.4, 0.5) is 8.78 Å². The van der Waals surface area contributed by atoms with Gasteiger partial charge in [-0.15, -0.1) is 0 Å². The van der Waals surface area contributed by atoms with E-state index in [2.05, 4.69) is 15.6 Å². The average molecular weight is 437 g/mol. The van der Waals surface area contributed by atoms with Gasteiger partial charge in [0.05, 0.1) is 20.3 Å². The van der Waals surface area contributed by atoms with Crippen molar-refractivity contribution in [2.75, 3.05) is 27.3 Å². The molecule has 0 saturated heterocycles. The molecule has 0 heterocycles. The van der Waals surface area contributed by atoms with E-state index < -0.39 is 6.61 Å². The number of nitrogens with one attached hydrogen (secondary N) is 2. The molecule has 1 atom stereocenters. The summed E-state index contributed by atoms with van der Waals surface area (Å²) >= 11 is 0. The summed E-state index contributed by atoms with van der Waals surface area (Å²) in [5, 5.41) is 6.24. The van der Waals surface area contributed by atoms with Gasteiger partial charge < -0.3 is 29.6 Å². The molecule has 2 N–H and O–H groups in total. The maximum absolute atomic E-state index is 12.9. The molecule has 0 aliphatic carbocycles. The van der Waals surface area contributed by atoms with Gasteiger partial charge in [0.15, 0.2) is 29.0 Å². The molecule has 2 aromatic carbocycles. The molecule has 0 amide bonds. The average Bonchev–Trinajstić information content (AvgIpc) is 2.76. The Balaban J connectivity index is 1.96. The Morgan fingerprint density at radius 3 is 2.35 bits per heavy atom. The van der Waals surface area contributed by atoms with Gasteiger partial charge in [0.25, 0.3) is 0 Å². The summed E-state index contributed by atoms with van der Waals surface area (Å²) in [5.74, 6) is 2.06.